The van der Waals surface area contributed by atoms with E-state index in [1.807, 2.05) is 6.92 Å². The van der Waals surface area contributed by atoms with E-state index in [2.05, 4.69) is 14.8 Å². The van der Waals surface area contributed by atoms with E-state index in [0.29, 0.717) is 6.54 Å². The number of amides is 1. The molecule has 0 radical (unpaired) electrons. The molecule has 1 N–H and O–H groups in total. The van der Waals surface area contributed by atoms with Crippen molar-refractivity contribution in [3.63, 3.8) is 0 Å². The summed E-state index contributed by atoms with van der Waals surface area (Å²) < 4.78 is 13.4. The number of nitrogens with zero attached hydrogens (tertiary/aromatic N) is 3. The van der Waals surface area contributed by atoms with Gasteiger partial charge in [0.05, 0.1) is 17.7 Å². The zero-order valence-corrected chi connectivity index (χ0v) is 15.5. The lowest BCUT2D eigenvalue weighted by molar-refractivity contribution is -0.139. The van der Waals surface area contributed by atoms with Crippen molar-refractivity contribution in [3.8, 4) is 0 Å². The van der Waals surface area contributed by atoms with Crippen LogP contribution in [0.4, 0.5) is 10.2 Å². The van der Waals surface area contributed by atoms with Crippen LogP contribution >= 0.6 is 0 Å². The molecule has 26 heavy (non-hydrogen) atoms. The number of piperidine rings is 1. The van der Waals surface area contributed by atoms with Gasteiger partial charge in [-0.15, -0.1) is 0 Å². The second-order valence-electron chi connectivity index (χ2n) is 8.31. The van der Waals surface area contributed by atoms with Gasteiger partial charge >= 0.3 is 0 Å². The molecule has 1 saturated carbocycles. The lowest BCUT2D eigenvalue weighted by Gasteiger charge is -2.41. The molecule has 1 amide bonds. The quantitative estimate of drug-likeness (QED) is 0.880. The summed E-state index contributed by atoms with van der Waals surface area (Å²) in [7, 11) is 0. The standard InChI is InChI=1S/C20H28FN3O2/c1-14-11-15(21)12-22-18(14)23-9-2-7-20(13-23)8-10-24(19(20)26)16-3-5-17(25)6-4-16/h11-12,16-17,25H,2-10,13H2,1H3/t16-,17-,20-/m0/s1. The zero-order chi connectivity index (χ0) is 18.3. The summed E-state index contributed by atoms with van der Waals surface area (Å²) in [6.45, 7) is 4.24. The van der Waals surface area contributed by atoms with Crippen molar-refractivity contribution in [3.05, 3.63) is 23.6 Å². The van der Waals surface area contributed by atoms with Gasteiger partial charge in [-0.1, -0.05) is 0 Å². The molecule has 142 valence electrons. The Hall–Kier alpha value is -1.69. The van der Waals surface area contributed by atoms with E-state index in [1.54, 1.807) is 0 Å². The molecule has 1 aliphatic carbocycles. The van der Waals surface area contributed by atoms with E-state index in [1.165, 1.54) is 12.3 Å². The van der Waals surface area contributed by atoms with Crippen LogP contribution in [0.1, 0.15) is 50.5 Å². The minimum Gasteiger partial charge on any atom is -0.393 e. The summed E-state index contributed by atoms with van der Waals surface area (Å²) in [6, 6.07) is 1.80. The SMILES string of the molecule is Cc1cc(F)cnc1N1CCC[C@]2(CCN([C@H]3CC[C@H](O)CC3)C2=O)C1. The Bertz CT molecular complexity index is 690. The largest absolute Gasteiger partial charge is 0.393 e. The molecule has 0 bridgehead atoms. The maximum absolute atomic E-state index is 13.4. The third kappa shape index (κ3) is 3.08. The molecular weight excluding hydrogens is 333 g/mol. The second-order valence-corrected chi connectivity index (χ2v) is 8.31. The molecule has 1 aromatic rings. The number of halogens is 1. The van der Waals surface area contributed by atoms with Gasteiger partial charge in [0.25, 0.3) is 0 Å². The van der Waals surface area contributed by atoms with Crippen LogP contribution in [0.15, 0.2) is 12.3 Å². The third-order valence-electron chi connectivity index (χ3n) is 6.55. The molecule has 4 rings (SSSR count). The maximum atomic E-state index is 13.4. The first-order chi connectivity index (χ1) is 12.5. The molecule has 3 fully saturated rings. The summed E-state index contributed by atoms with van der Waals surface area (Å²) >= 11 is 0. The first kappa shape index (κ1) is 17.7. The summed E-state index contributed by atoms with van der Waals surface area (Å²) in [5.41, 5.74) is 0.502. The number of aliphatic hydroxyl groups is 1. The Labute approximate surface area is 154 Å². The molecular formula is C20H28FN3O2. The highest BCUT2D eigenvalue weighted by Crippen LogP contribution is 2.43. The zero-order valence-electron chi connectivity index (χ0n) is 15.5. The average Bonchev–Trinajstić information content (AvgIpc) is 2.92. The molecule has 1 spiro atoms. The number of hydrogen-bond acceptors (Lipinski definition) is 4. The monoisotopic (exact) mass is 361 g/mol. The summed E-state index contributed by atoms with van der Waals surface area (Å²) in [5.74, 6) is 0.765. The fraction of sp³-hybridized carbons (Fsp3) is 0.700. The average molecular weight is 361 g/mol. The van der Waals surface area contributed by atoms with Crippen LogP contribution in [0.5, 0.6) is 0 Å². The van der Waals surface area contributed by atoms with Gasteiger partial charge < -0.3 is 14.9 Å². The van der Waals surface area contributed by atoms with Gasteiger partial charge in [0.1, 0.15) is 11.6 Å². The molecule has 5 nitrogen and oxygen atoms in total. The minimum atomic E-state index is -0.323. The maximum Gasteiger partial charge on any atom is 0.230 e. The van der Waals surface area contributed by atoms with Crippen molar-refractivity contribution in [2.24, 2.45) is 5.41 Å². The van der Waals surface area contributed by atoms with E-state index < -0.39 is 0 Å². The smallest absolute Gasteiger partial charge is 0.230 e. The van der Waals surface area contributed by atoms with E-state index in [-0.39, 0.29) is 29.3 Å². The topological polar surface area (TPSA) is 56.7 Å². The number of aromatic nitrogens is 1. The first-order valence-corrected chi connectivity index (χ1v) is 9.85. The molecule has 0 aromatic carbocycles. The molecule has 3 aliphatic rings. The number of aryl methyl sites for hydroxylation is 1. The number of carbonyl (C=O) groups excluding carboxylic acids is 1. The summed E-state index contributed by atoms with van der Waals surface area (Å²) in [5, 5.41) is 9.74. The van der Waals surface area contributed by atoms with E-state index in [9.17, 15) is 14.3 Å². The van der Waals surface area contributed by atoms with Gasteiger partial charge in [0.2, 0.25) is 5.91 Å². The lowest BCUT2D eigenvalue weighted by Crippen LogP contribution is -2.50. The van der Waals surface area contributed by atoms with Gasteiger partial charge in [0.15, 0.2) is 0 Å². The van der Waals surface area contributed by atoms with Gasteiger partial charge in [-0.3, -0.25) is 4.79 Å². The summed E-state index contributed by atoms with van der Waals surface area (Å²) in [6.07, 6.45) is 7.25. The van der Waals surface area contributed by atoms with Gasteiger partial charge in [-0.25, -0.2) is 9.37 Å². The number of carbonyl (C=O) groups is 1. The number of likely N-dealkylation sites (tertiary alicyclic amines) is 1. The fourth-order valence-corrected chi connectivity index (χ4v) is 5.12. The normalized spacial score (nSPS) is 32.5. The van der Waals surface area contributed by atoms with Crippen LogP contribution in [0.2, 0.25) is 0 Å². The molecule has 6 heteroatoms. The summed E-state index contributed by atoms with van der Waals surface area (Å²) in [4.78, 5) is 21.9. The number of hydrogen-bond donors (Lipinski definition) is 1. The van der Waals surface area contributed by atoms with Crippen LogP contribution in [0, 0.1) is 18.2 Å². The highest BCUT2D eigenvalue weighted by molar-refractivity contribution is 5.86. The van der Waals surface area contributed by atoms with Crippen LogP contribution in [-0.2, 0) is 4.79 Å². The van der Waals surface area contributed by atoms with Gasteiger partial charge in [0, 0.05) is 25.7 Å². The van der Waals surface area contributed by atoms with Crippen LogP contribution in [0.3, 0.4) is 0 Å². The van der Waals surface area contributed by atoms with Crippen molar-refractivity contribution < 1.29 is 14.3 Å². The van der Waals surface area contributed by atoms with E-state index >= 15 is 0 Å². The third-order valence-corrected chi connectivity index (χ3v) is 6.55. The van der Waals surface area contributed by atoms with Gasteiger partial charge in [-0.2, -0.15) is 0 Å². The Morgan fingerprint density at radius 2 is 2.00 bits per heavy atom. The van der Waals surface area contributed by atoms with Crippen molar-refractivity contribution in [2.45, 2.75) is 64.0 Å². The predicted octanol–water partition coefficient (Wildman–Crippen LogP) is 2.65. The minimum absolute atomic E-state index is 0.199. The van der Waals surface area contributed by atoms with Crippen molar-refractivity contribution in [2.75, 3.05) is 24.5 Å². The molecule has 2 aliphatic heterocycles. The van der Waals surface area contributed by atoms with E-state index in [0.717, 1.165) is 69.4 Å². The lowest BCUT2D eigenvalue weighted by atomic mass is 9.78. The highest BCUT2D eigenvalue weighted by atomic mass is 19.1. The molecule has 3 heterocycles. The van der Waals surface area contributed by atoms with Crippen molar-refractivity contribution in [1.82, 2.24) is 9.88 Å². The molecule has 1 atom stereocenters. The number of pyridine rings is 1. The Morgan fingerprint density at radius 3 is 2.73 bits per heavy atom. The Kier molecular flexibility index (Phi) is 4.63. The van der Waals surface area contributed by atoms with Crippen molar-refractivity contribution >= 4 is 11.7 Å². The number of anilines is 1. The van der Waals surface area contributed by atoms with Gasteiger partial charge in [-0.05, 0) is 63.5 Å². The Morgan fingerprint density at radius 1 is 1.23 bits per heavy atom. The number of rotatable bonds is 2. The van der Waals surface area contributed by atoms with Crippen LogP contribution in [0.25, 0.3) is 0 Å². The van der Waals surface area contributed by atoms with E-state index in [4.69, 9.17) is 0 Å². The van der Waals surface area contributed by atoms with Crippen LogP contribution in [-0.4, -0.2) is 52.7 Å². The molecule has 2 saturated heterocycles. The first-order valence-electron chi connectivity index (χ1n) is 9.85. The molecule has 1 aromatic heterocycles. The van der Waals surface area contributed by atoms with Crippen LogP contribution < -0.4 is 4.90 Å². The highest BCUT2D eigenvalue weighted by Gasteiger charge is 2.50. The molecule has 0 unspecified atom stereocenters. The predicted molar refractivity (Wildman–Crippen MR) is 97.4 cm³/mol. The Balaban J connectivity index is 1.50. The number of aliphatic hydroxyl groups excluding tert-OH is 1. The second kappa shape index (κ2) is 6.80. The van der Waals surface area contributed by atoms with Crippen molar-refractivity contribution in [1.29, 1.82) is 0 Å². The fourth-order valence-electron chi connectivity index (χ4n) is 5.12.